The number of hydrogen-bond donors (Lipinski definition) is 0. The maximum Gasteiger partial charge on any atom is 0.338 e. The van der Waals surface area contributed by atoms with Crippen LogP contribution in [0.5, 0.6) is 5.75 Å². The molecule has 0 spiro atoms. The number of rotatable bonds is 22. The van der Waals surface area contributed by atoms with E-state index in [0.717, 1.165) is 50.2 Å². The third-order valence-electron chi connectivity index (χ3n) is 7.53. The second-order valence-corrected chi connectivity index (χ2v) is 11.1. The number of hydrogen-bond acceptors (Lipinski definition) is 5. The first-order valence-electron chi connectivity index (χ1n) is 15.0. The molecule has 0 aliphatic rings. The Bertz CT molecular complexity index is 772. The lowest BCUT2D eigenvalue weighted by molar-refractivity contribution is -0.137. The van der Waals surface area contributed by atoms with Crippen LogP contribution in [0.4, 0.5) is 0 Å². The fourth-order valence-electron chi connectivity index (χ4n) is 4.48. The highest BCUT2D eigenvalue weighted by atomic mass is 16.5. The molecule has 0 heterocycles. The van der Waals surface area contributed by atoms with Crippen molar-refractivity contribution in [3.05, 3.63) is 42.5 Å². The van der Waals surface area contributed by atoms with Gasteiger partial charge in [0.25, 0.3) is 0 Å². The van der Waals surface area contributed by atoms with Crippen LogP contribution in [0.2, 0.25) is 0 Å². The largest absolute Gasteiger partial charge is 0.494 e. The Morgan fingerprint density at radius 2 is 1.42 bits per heavy atom. The molecule has 0 aliphatic carbocycles. The molecule has 0 aromatic heterocycles. The maximum absolute atomic E-state index is 12.6. The van der Waals surface area contributed by atoms with Crippen molar-refractivity contribution < 1.29 is 23.8 Å². The molecular weight excluding hydrogens is 476 g/mol. The molecule has 38 heavy (non-hydrogen) atoms. The molecule has 0 saturated heterocycles. The van der Waals surface area contributed by atoms with Crippen LogP contribution in [-0.2, 0) is 14.3 Å². The summed E-state index contributed by atoms with van der Waals surface area (Å²) in [6.45, 7) is 15.8. The smallest absolute Gasteiger partial charge is 0.338 e. The van der Waals surface area contributed by atoms with E-state index < -0.39 is 0 Å². The van der Waals surface area contributed by atoms with Crippen LogP contribution in [0.15, 0.2) is 36.9 Å². The molecule has 1 aromatic rings. The highest BCUT2D eigenvalue weighted by Gasteiger charge is 2.17. The normalized spacial score (nSPS) is 14.2. The molecule has 0 N–H and O–H groups in total. The molecule has 0 fully saturated rings. The van der Waals surface area contributed by atoms with Crippen molar-refractivity contribution in [1.29, 1.82) is 0 Å². The van der Waals surface area contributed by atoms with Crippen LogP contribution < -0.4 is 4.74 Å². The minimum Gasteiger partial charge on any atom is -0.494 e. The van der Waals surface area contributed by atoms with Crippen molar-refractivity contribution in [2.45, 2.75) is 118 Å². The van der Waals surface area contributed by atoms with E-state index in [4.69, 9.17) is 14.2 Å². The summed E-state index contributed by atoms with van der Waals surface area (Å²) in [6.07, 6.45) is 14.8. The molecule has 4 atom stereocenters. The van der Waals surface area contributed by atoms with E-state index in [0.29, 0.717) is 30.6 Å². The van der Waals surface area contributed by atoms with Crippen molar-refractivity contribution in [2.75, 3.05) is 13.2 Å². The highest BCUT2D eigenvalue weighted by Crippen LogP contribution is 2.26. The molecular formula is C33H54O5. The van der Waals surface area contributed by atoms with Crippen LogP contribution in [-0.4, -0.2) is 31.3 Å². The van der Waals surface area contributed by atoms with Crippen LogP contribution in [0.1, 0.15) is 122 Å². The fraction of sp³-hybridized carbons (Fsp3) is 0.697. The van der Waals surface area contributed by atoms with Crippen LogP contribution >= 0.6 is 0 Å². The van der Waals surface area contributed by atoms with Gasteiger partial charge in [-0.15, -0.1) is 0 Å². The predicted octanol–water partition coefficient (Wildman–Crippen LogP) is 8.95. The SMILES string of the molecule is C=CC(=O)OCCCCCCOc1ccc(C(=O)OC(C)CCC(C)C(C)CCC(C)CCCCC)cc1. The first kappa shape index (κ1) is 33.7. The fourth-order valence-corrected chi connectivity index (χ4v) is 4.48. The average molecular weight is 531 g/mol. The summed E-state index contributed by atoms with van der Waals surface area (Å²) in [5.74, 6) is 2.24. The summed E-state index contributed by atoms with van der Waals surface area (Å²) in [7, 11) is 0. The number of benzene rings is 1. The summed E-state index contributed by atoms with van der Waals surface area (Å²) in [4.78, 5) is 23.6. The Kier molecular flexibility index (Phi) is 18.3. The van der Waals surface area contributed by atoms with E-state index in [9.17, 15) is 9.59 Å². The summed E-state index contributed by atoms with van der Waals surface area (Å²) >= 11 is 0. The second-order valence-electron chi connectivity index (χ2n) is 11.1. The Labute approximate surface area is 232 Å². The maximum atomic E-state index is 12.6. The lowest BCUT2D eigenvalue weighted by Crippen LogP contribution is -2.18. The van der Waals surface area contributed by atoms with Crippen molar-refractivity contribution in [3.8, 4) is 5.75 Å². The lowest BCUT2D eigenvalue weighted by atomic mass is 9.84. The topological polar surface area (TPSA) is 61.8 Å². The molecule has 0 radical (unpaired) electrons. The molecule has 4 unspecified atom stereocenters. The lowest BCUT2D eigenvalue weighted by Gasteiger charge is -2.23. The minimum absolute atomic E-state index is 0.0960. The first-order valence-corrected chi connectivity index (χ1v) is 15.0. The van der Waals surface area contributed by atoms with E-state index in [1.807, 2.05) is 19.1 Å². The zero-order chi connectivity index (χ0) is 28.2. The molecule has 1 aromatic carbocycles. The van der Waals surface area contributed by atoms with Gasteiger partial charge in [0, 0.05) is 6.08 Å². The Morgan fingerprint density at radius 1 is 0.789 bits per heavy atom. The van der Waals surface area contributed by atoms with Crippen molar-refractivity contribution in [3.63, 3.8) is 0 Å². The highest BCUT2D eigenvalue weighted by molar-refractivity contribution is 5.89. The molecule has 5 nitrogen and oxygen atoms in total. The minimum atomic E-state index is -0.372. The molecule has 5 heteroatoms. The van der Waals surface area contributed by atoms with Gasteiger partial charge in [-0.3, -0.25) is 0 Å². The Balaban J connectivity index is 2.22. The first-order chi connectivity index (χ1) is 18.3. The van der Waals surface area contributed by atoms with E-state index in [1.165, 1.54) is 44.6 Å². The standard InChI is InChI=1S/C33H54O5/c1-7-9-12-15-26(3)16-17-27(4)28(5)18-19-29(6)38-33(35)30-20-22-31(23-21-30)36-24-13-10-11-14-25-37-32(34)8-2/h8,20-23,26-29H,2,7,9-19,24-25H2,1,3-6H3. The van der Waals surface area contributed by atoms with E-state index in [-0.39, 0.29) is 18.0 Å². The van der Waals surface area contributed by atoms with E-state index in [2.05, 4.69) is 34.3 Å². The van der Waals surface area contributed by atoms with Crippen molar-refractivity contribution in [2.24, 2.45) is 17.8 Å². The van der Waals surface area contributed by atoms with Gasteiger partial charge in [0.15, 0.2) is 0 Å². The van der Waals surface area contributed by atoms with Crippen LogP contribution in [0.3, 0.4) is 0 Å². The van der Waals surface area contributed by atoms with Gasteiger partial charge in [0.05, 0.1) is 24.9 Å². The molecule has 0 aliphatic heterocycles. The number of ether oxygens (including phenoxy) is 3. The van der Waals surface area contributed by atoms with Gasteiger partial charge >= 0.3 is 11.9 Å². The summed E-state index contributed by atoms with van der Waals surface area (Å²) in [6, 6.07) is 7.18. The van der Waals surface area contributed by atoms with Gasteiger partial charge in [-0.1, -0.05) is 72.8 Å². The van der Waals surface area contributed by atoms with Gasteiger partial charge in [-0.25, -0.2) is 9.59 Å². The summed E-state index contributed by atoms with van der Waals surface area (Å²) in [5.41, 5.74) is 0.553. The Morgan fingerprint density at radius 3 is 2.05 bits per heavy atom. The van der Waals surface area contributed by atoms with Crippen LogP contribution in [0, 0.1) is 17.8 Å². The van der Waals surface area contributed by atoms with E-state index in [1.54, 1.807) is 12.1 Å². The van der Waals surface area contributed by atoms with Crippen molar-refractivity contribution in [1.82, 2.24) is 0 Å². The monoisotopic (exact) mass is 530 g/mol. The average Bonchev–Trinajstić information content (AvgIpc) is 2.91. The van der Waals surface area contributed by atoms with Crippen molar-refractivity contribution >= 4 is 11.9 Å². The predicted molar refractivity (Wildman–Crippen MR) is 157 cm³/mol. The third kappa shape index (κ3) is 15.8. The number of esters is 2. The molecule has 1 rings (SSSR count). The van der Waals surface area contributed by atoms with Gasteiger partial charge in [-0.05, 0) is 87.5 Å². The zero-order valence-corrected chi connectivity index (χ0v) is 24.8. The van der Waals surface area contributed by atoms with Gasteiger partial charge in [0.2, 0.25) is 0 Å². The van der Waals surface area contributed by atoms with Gasteiger partial charge in [0.1, 0.15) is 5.75 Å². The summed E-state index contributed by atoms with van der Waals surface area (Å²) < 4.78 is 16.4. The molecule has 216 valence electrons. The summed E-state index contributed by atoms with van der Waals surface area (Å²) in [5, 5.41) is 0. The Hall–Kier alpha value is -2.30. The number of unbranched alkanes of at least 4 members (excludes halogenated alkanes) is 5. The number of carbonyl (C=O) groups is 2. The van der Waals surface area contributed by atoms with E-state index >= 15 is 0 Å². The molecule has 0 saturated carbocycles. The molecule has 0 bridgehead atoms. The quantitative estimate of drug-likeness (QED) is 0.0850. The molecule has 0 amide bonds. The van der Waals surface area contributed by atoms with Gasteiger partial charge in [-0.2, -0.15) is 0 Å². The third-order valence-corrected chi connectivity index (χ3v) is 7.53. The number of carbonyl (C=O) groups excluding carboxylic acids is 2. The zero-order valence-electron chi connectivity index (χ0n) is 24.8. The van der Waals surface area contributed by atoms with Crippen LogP contribution in [0.25, 0.3) is 0 Å². The van der Waals surface area contributed by atoms with Gasteiger partial charge < -0.3 is 14.2 Å². The second kappa shape index (κ2) is 20.6.